The number of rotatable bonds is 4. The van der Waals surface area contributed by atoms with Gasteiger partial charge in [-0.3, -0.25) is 0 Å². The van der Waals surface area contributed by atoms with Crippen LogP contribution in [-0.2, 0) is 49.4 Å². The first kappa shape index (κ1) is 56.7. The maximum Gasteiger partial charge on any atom is 0.417 e. The summed E-state index contributed by atoms with van der Waals surface area (Å²) in [4.78, 5) is 0. The van der Waals surface area contributed by atoms with Crippen molar-refractivity contribution >= 4 is 11.1 Å². The number of halogens is 30. The van der Waals surface area contributed by atoms with Gasteiger partial charge in [0.2, 0.25) is 0 Å². The average molecular weight is 1090 g/mol. The van der Waals surface area contributed by atoms with E-state index in [9.17, 15) is 105 Å². The molecule has 392 valence electrons. The van der Waals surface area contributed by atoms with Crippen LogP contribution in [0.4, 0.5) is 132 Å². The van der Waals surface area contributed by atoms with Crippen molar-refractivity contribution < 1.29 is 132 Å². The molecule has 0 radical (unpaired) electrons. The van der Waals surface area contributed by atoms with E-state index in [2.05, 4.69) is 0 Å². The van der Waals surface area contributed by atoms with E-state index >= 15 is 26.3 Å². The molecule has 0 spiro atoms. The van der Waals surface area contributed by atoms with Crippen molar-refractivity contribution in [2.24, 2.45) is 0 Å². The van der Waals surface area contributed by atoms with E-state index < -0.39 is 246 Å². The van der Waals surface area contributed by atoms with Crippen LogP contribution in [0.2, 0.25) is 0 Å². The van der Waals surface area contributed by atoms with Gasteiger partial charge in [-0.05, 0) is 129 Å². The molecule has 0 aliphatic carbocycles. The van der Waals surface area contributed by atoms with Crippen molar-refractivity contribution in [3.63, 3.8) is 0 Å². The molecule has 0 fully saturated rings. The second-order valence-electron chi connectivity index (χ2n) is 14.9. The minimum atomic E-state index is -6.75. The Morgan fingerprint density at radius 2 is 0.375 bits per heavy atom. The summed E-state index contributed by atoms with van der Waals surface area (Å²) in [5, 5.41) is -5.15. The fourth-order valence-electron chi connectivity index (χ4n) is 6.85. The van der Waals surface area contributed by atoms with Gasteiger partial charge in [0.25, 0.3) is 0 Å². The van der Waals surface area contributed by atoms with E-state index in [4.69, 9.17) is 0 Å². The molecule has 0 saturated carbocycles. The zero-order chi connectivity index (χ0) is 55.3. The molecule has 72 heavy (non-hydrogen) atoms. The molecular formula is C42H14F30. The third-order valence-corrected chi connectivity index (χ3v) is 9.81. The van der Waals surface area contributed by atoms with Gasteiger partial charge in [-0.25, -0.2) is 0 Å². The molecule has 0 aromatic heterocycles. The Balaban J connectivity index is 2.40. The number of benzene rings is 5. The first-order valence-corrected chi connectivity index (χ1v) is 18.3. The fourth-order valence-corrected chi connectivity index (χ4v) is 6.85. The van der Waals surface area contributed by atoms with Gasteiger partial charge >= 0.3 is 61.8 Å². The van der Waals surface area contributed by atoms with Gasteiger partial charge in [0.15, 0.2) is 0 Å². The Bertz CT molecular complexity index is 2670. The topological polar surface area (TPSA) is 0 Å². The highest BCUT2D eigenvalue weighted by atomic mass is 19.4. The van der Waals surface area contributed by atoms with Gasteiger partial charge in [-0.15, -0.1) is 0 Å². The number of hydrogen-bond donors (Lipinski definition) is 0. The average Bonchev–Trinajstić information content (AvgIpc) is 3.17. The van der Waals surface area contributed by atoms with E-state index in [-0.39, 0.29) is 0 Å². The van der Waals surface area contributed by atoms with Crippen LogP contribution in [-0.4, -0.2) is 12.4 Å². The second-order valence-corrected chi connectivity index (χ2v) is 14.9. The molecule has 5 aromatic carbocycles. The van der Waals surface area contributed by atoms with Gasteiger partial charge in [0.05, 0.1) is 55.7 Å². The lowest BCUT2D eigenvalue weighted by molar-refractivity contribution is -0.144. The SMILES string of the molecule is FC(F)(F)/C(c1cc(C(F)(F)F)cc(C(F)(F)F)c1)=c1/cc(-c2cc(C(F)(F)F)cc(C(F)(F)F)c2)/c(=C(/c2cc(C(F)(F)F)cc(C(F)(F)F)c2)C(F)(F)F)cc1-c1cc(C(F)(F)F)cc(C(F)(F)F)c1. The van der Waals surface area contributed by atoms with Gasteiger partial charge in [0.1, 0.15) is 0 Å². The number of hydrogen-bond acceptors (Lipinski definition) is 0. The van der Waals surface area contributed by atoms with Crippen molar-refractivity contribution in [2.45, 2.75) is 61.8 Å². The van der Waals surface area contributed by atoms with Crippen molar-refractivity contribution in [3.8, 4) is 22.3 Å². The second kappa shape index (κ2) is 17.7. The first-order valence-electron chi connectivity index (χ1n) is 18.3. The Morgan fingerprint density at radius 3 is 0.528 bits per heavy atom. The lowest BCUT2D eigenvalue weighted by Gasteiger charge is -2.22. The van der Waals surface area contributed by atoms with Crippen LogP contribution in [0.5, 0.6) is 0 Å². The summed E-state index contributed by atoms with van der Waals surface area (Å²) >= 11 is 0. The lowest BCUT2D eigenvalue weighted by Crippen LogP contribution is -2.29. The molecule has 0 unspecified atom stereocenters. The van der Waals surface area contributed by atoms with Crippen LogP contribution in [0.25, 0.3) is 33.4 Å². The van der Waals surface area contributed by atoms with Crippen LogP contribution < -0.4 is 10.4 Å². The van der Waals surface area contributed by atoms with Crippen LogP contribution in [0.15, 0.2) is 84.9 Å². The smallest absolute Gasteiger partial charge is 0.166 e. The Labute approximate surface area is 378 Å². The molecule has 0 saturated heterocycles. The van der Waals surface area contributed by atoms with Gasteiger partial charge in [-0.2, -0.15) is 132 Å². The summed E-state index contributed by atoms with van der Waals surface area (Å²) in [6, 6.07) is -11.3. The maximum absolute atomic E-state index is 15.5. The van der Waals surface area contributed by atoms with E-state index in [1.165, 1.54) is 0 Å². The molecule has 0 N–H and O–H groups in total. The summed E-state index contributed by atoms with van der Waals surface area (Å²) in [5.74, 6) is 0. The van der Waals surface area contributed by atoms with E-state index in [1.807, 2.05) is 0 Å². The van der Waals surface area contributed by atoms with E-state index in [1.54, 1.807) is 0 Å². The fraction of sp³-hybridized carbons (Fsp3) is 0.238. The molecule has 30 heteroatoms. The minimum Gasteiger partial charge on any atom is -0.166 e. The van der Waals surface area contributed by atoms with Gasteiger partial charge in [-0.1, -0.05) is 0 Å². The Morgan fingerprint density at radius 1 is 0.208 bits per heavy atom. The molecule has 0 bridgehead atoms. The van der Waals surface area contributed by atoms with Crippen LogP contribution in [0.3, 0.4) is 0 Å². The van der Waals surface area contributed by atoms with Crippen molar-refractivity contribution in [3.05, 3.63) is 151 Å². The molecule has 0 nitrogen and oxygen atoms in total. The highest BCUT2D eigenvalue weighted by Crippen LogP contribution is 2.46. The third-order valence-electron chi connectivity index (χ3n) is 9.81. The zero-order valence-electron chi connectivity index (χ0n) is 33.4. The predicted molar refractivity (Wildman–Crippen MR) is 187 cm³/mol. The van der Waals surface area contributed by atoms with E-state index in [0.29, 0.717) is 0 Å². The largest absolute Gasteiger partial charge is 0.417 e. The predicted octanol–water partition coefficient (Wildman–Crippen LogP) is 16.7. The van der Waals surface area contributed by atoms with Crippen molar-refractivity contribution in [1.29, 1.82) is 0 Å². The molecule has 0 heterocycles. The molecule has 0 aliphatic heterocycles. The van der Waals surface area contributed by atoms with Crippen molar-refractivity contribution in [2.75, 3.05) is 0 Å². The Hall–Kier alpha value is -6.26. The Kier molecular flexibility index (Phi) is 14.0. The summed E-state index contributed by atoms with van der Waals surface area (Å²) in [6.07, 6.45) is -62.7. The molecular weight excluding hydrogens is 1070 g/mol. The minimum absolute atomic E-state index is 0.690. The first-order chi connectivity index (χ1) is 32.0. The quantitative estimate of drug-likeness (QED) is 0.157. The monoisotopic (exact) mass is 1090 g/mol. The molecule has 0 amide bonds. The van der Waals surface area contributed by atoms with Crippen molar-refractivity contribution in [1.82, 2.24) is 0 Å². The maximum atomic E-state index is 15.5. The molecule has 5 rings (SSSR count). The van der Waals surface area contributed by atoms with Crippen LogP contribution in [0, 0.1) is 0 Å². The molecule has 0 atom stereocenters. The molecule has 5 aromatic rings. The van der Waals surface area contributed by atoms with E-state index in [0.717, 1.165) is 0 Å². The summed E-state index contributed by atoms with van der Waals surface area (Å²) < 4.78 is 432. The zero-order valence-corrected chi connectivity index (χ0v) is 33.4. The summed E-state index contributed by atoms with van der Waals surface area (Å²) in [5.41, 5.74) is -42.1. The standard InChI is InChI=1S/C42H14F30/c43-33(44,45)19-1-15(2-20(9-19)34(46,47)48)27-13-30(32(42(70,71)72)18-7-25(39(61,62)63)12-26(8-18)40(64,65)66)28(16-3-21(35(49,50)51)10-22(4-16)36(52,53)54)14-29(27)31(41(67,68)69)17-5-23(37(55,56)57)11-24(6-17)38(58,59)60/h1-14H/b31-29-,32-30-. The highest BCUT2D eigenvalue weighted by molar-refractivity contribution is 5.84. The molecule has 0 aliphatic rings. The third kappa shape index (κ3) is 12.5. The normalized spacial score (nSPS) is 15.0. The lowest BCUT2D eigenvalue weighted by atomic mass is 9.86. The van der Waals surface area contributed by atoms with Crippen LogP contribution in [0.1, 0.15) is 55.6 Å². The summed E-state index contributed by atoms with van der Waals surface area (Å²) in [6.45, 7) is 0. The van der Waals surface area contributed by atoms with Gasteiger partial charge in [0, 0.05) is 0 Å². The van der Waals surface area contributed by atoms with Crippen LogP contribution >= 0.6 is 0 Å². The van der Waals surface area contributed by atoms with Gasteiger partial charge < -0.3 is 0 Å². The highest BCUT2D eigenvalue weighted by Gasteiger charge is 2.46. The summed E-state index contributed by atoms with van der Waals surface area (Å²) in [7, 11) is 0. The number of alkyl halides is 30.